The number of nitrogens with one attached hydrogen (secondary N) is 1. The predicted octanol–water partition coefficient (Wildman–Crippen LogP) is 3.26. The van der Waals surface area contributed by atoms with E-state index in [1.165, 1.54) is 18.6 Å². The monoisotopic (exact) mass is 434 g/mol. The number of piperidine rings is 1. The molecule has 0 saturated carbocycles. The Morgan fingerprint density at radius 3 is 2.62 bits per heavy atom. The fourth-order valence-electron chi connectivity index (χ4n) is 4.68. The summed E-state index contributed by atoms with van der Waals surface area (Å²) in [5.41, 5.74) is 2.78. The molecule has 0 radical (unpaired) electrons. The second-order valence-corrected chi connectivity index (χ2v) is 8.76. The van der Waals surface area contributed by atoms with E-state index in [0.717, 1.165) is 55.8 Å². The molecule has 1 fully saturated rings. The van der Waals surface area contributed by atoms with Crippen molar-refractivity contribution in [3.05, 3.63) is 71.3 Å². The first kappa shape index (κ1) is 22.2. The van der Waals surface area contributed by atoms with Crippen LogP contribution in [0.5, 0.6) is 5.75 Å². The molecule has 1 unspecified atom stereocenters. The molecule has 2 aromatic carbocycles. The third-order valence-electron chi connectivity index (χ3n) is 6.32. The molecule has 168 valence electrons. The van der Waals surface area contributed by atoms with Crippen molar-refractivity contribution < 1.29 is 19.4 Å². The number of rotatable bonds is 6. The molecule has 1 spiro atoms. The number of nitrogens with zero attached hydrogens (tertiary/aromatic N) is 1. The largest absolute Gasteiger partial charge is 0.487 e. The van der Waals surface area contributed by atoms with Crippen LogP contribution in [0, 0.1) is 0 Å². The molecule has 0 bridgehead atoms. The van der Waals surface area contributed by atoms with Gasteiger partial charge in [0.25, 0.3) is 0 Å². The first-order valence-corrected chi connectivity index (χ1v) is 11.1. The van der Waals surface area contributed by atoms with Gasteiger partial charge in [0.2, 0.25) is 5.91 Å². The van der Waals surface area contributed by atoms with Crippen molar-refractivity contribution in [2.45, 2.75) is 44.4 Å². The second kappa shape index (κ2) is 9.67. The normalized spacial score (nSPS) is 20.0. The molecule has 1 atom stereocenters. The van der Waals surface area contributed by atoms with Gasteiger partial charge in [-0.2, -0.15) is 0 Å². The van der Waals surface area contributed by atoms with E-state index in [1.807, 2.05) is 24.3 Å². The Morgan fingerprint density at radius 2 is 1.94 bits per heavy atom. The van der Waals surface area contributed by atoms with Crippen LogP contribution in [-0.4, -0.2) is 47.0 Å². The Morgan fingerprint density at radius 1 is 1.19 bits per heavy atom. The lowest BCUT2D eigenvalue weighted by molar-refractivity contribution is -0.120. The number of aliphatic hydroxyl groups excluding tert-OH is 1. The number of aliphatic hydroxyl groups is 1. The average Bonchev–Trinajstić information content (AvgIpc) is 2.79. The number of ketones is 1. The summed E-state index contributed by atoms with van der Waals surface area (Å²) in [4.78, 5) is 25.8. The third-order valence-corrected chi connectivity index (χ3v) is 6.32. The summed E-state index contributed by atoms with van der Waals surface area (Å²) in [5, 5.41) is 12.0. The number of carbonyl (C=O) groups is 2. The lowest BCUT2D eigenvalue weighted by Gasteiger charge is -2.47. The molecule has 32 heavy (non-hydrogen) atoms. The summed E-state index contributed by atoms with van der Waals surface area (Å²) in [6.45, 7) is 3.85. The maximum Gasteiger partial charge on any atom is 0.217 e. The van der Waals surface area contributed by atoms with Crippen LogP contribution in [0.25, 0.3) is 6.08 Å². The van der Waals surface area contributed by atoms with Crippen molar-refractivity contribution >= 4 is 17.8 Å². The van der Waals surface area contributed by atoms with Crippen LogP contribution in [-0.2, 0) is 16.1 Å². The van der Waals surface area contributed by atoms with Crippen LogP contribution < -0.4 is 10.1 Å². The zero-order chi connectivity index (χ0) is 22.6. The highest BCUT2D eigenvalue weighted by Crippen LogP contribution is 2.44. The van der Waals surface area contributed by atoms with E-state index in [2.05, 4.69) is 34.5 Å². The minimum absolute atomic E-state index is 0.0732. The van der Waals surface area contributed by atoms with Gasteiger partial charge >= 0.3 is 0 Å². The van der Waals surface area contributed by atoms with E-state index in [9.17, 15) is 9.59 Å². The molecular formula is C26H30N2O4. The summed E-state index contributed by atoms with van der Waals surface area (Å²) in [6, 6.07) is 16.1. The first-order chi connectivity index (χ1) is 15.5. The van der Waals surface area contributed by atoms with Crippen molar-refractivity contribution in [3.63, 3.8) is 0 Å². The molecule has 1 amide bonds. The molecule has 0 aromatic heterocycles. The van der Waals surface area contributed by atoms with E-state index in [1.54, 1.807) is 6.08 Å². The third kappa shape index (κ3) is 5.26. The van der Waals surface area contributed by atoms with Crippen molar-refractivity contribution in [3.8, 4) is 5.75 Å². The van der Waals surface area contributed by atoms with Crippen molar-refractivity contribution in [2.75, 3.05) is 19.7 Å². The zero-order valence-corrected chi connectivity index (χ0v) is 18.4. The van der Waals surface area contributed by atoms with Gasteiger partial charge in [0.15, 0.2) is 5.78 Å². The van der Waals surface area contributed by atoms with Gasteiger partial charge in [-0.25, -0.2) is 0 Å². The second-order valence-electron chi connectivity index (χ2n) is 8.76. The molecule has 2 aliphatic rings. The fourth-order valence-corrected chi connectivity index (χ4v) is 4.68. The Balaban J connectivity index is 1.50. The molecule has 2 N–H and O–H groups in total. The van der Waals surface area contributed by atoms with Crippen LogP contribution in [0.15, 0.2) is 54.6 Å². The summed E-state index contributed by atoms with van der Waals surface area (Å²) in [5.74, 6) is 0.367. The number of hydrogen-bond donors (Lipinski definition) is 2. The standard InChI is InChI=1S/C26H30N2O4/c1-19(30)27-24-16-26(11-13-28(14-12-26)17-21-5-3-2-4-6-21)32-25-10-8-20(15-23(24)25)7-9-22(31)18-29/h2-10,15,24,29H,11-14,16-18H2,1H3,(H,27,30)/b9-7+. The summed E-state index contributed by atoms with van der Waals surface area (Å²) >= 11 is 0. The Bertz CT molecular complexity index is 994. The predicted molar refractivity (Wildman–Crippen MR) is 123 cm³/mol. The van der Waals surface area contributed by atoms with E-state index in [0.29, 0.717) is 0 Å². The number of ether oxygens (including phenoxy) is 1. The van der Waals surface area contributed by atoms with Crippen molar-refractivity contribution in [1.82, 2.24) is 10.2 Å². The van der Waals surface area contributed by atoms with Gasteiger partial charge in [0.1, 0.15) is 18.0 Å². The van der Waals surface area contributed by atoms with E-state index < -0.39 is 6.61 Å². The molecule has 2 heterocycles. The lowest BCUT2D eigenvalue weighted by Crippen LogP contribution is -2.52. The molecule has 6 nitrogen and oxygen atoms in total. The van der Waals surface area contributed by atoms with Gasteiger partial charge in [-0.1, -0.05) is 42.5 Å². The number of hydrogen-bond acceptors (Lipinski definition) is 5. The summed E-state index contributed by atoms with van der Waals surface area (Å²) in [6.07, 6.45) is 5.57. The molecule has 1 saturated heterocycles. The summed E-state index contributed by atoms with van der Waals surface area (Å²) in [7, 11) is 0. The van der Waals surface area contributed by atoms with Gasteiger partial charge in [0.05, 0.1) is 6.04 Å². The van der Waals surface area contributed by atoms with E-state index >= 15 is 0 Å². The fraction of sp³-hybridized carbons (Fsp3) is 0.385. The van der Waals surface area contributed by atoms with Gasteiger partial charge in [0, 0.05) is 38.5 Å². The maximum absolute atomic E-state index is 11.9. The van der Waals surface area contributed by atoms with Crippen LogP contribution >= 0.6 is 0 Å². The van der Waals surface area contributed by atoms with Crippen LogP contribution in [0.4, 0.5) is 0 Å². The van der Waals surface area contributed by atoms with Gasteiger partial charge in [-0.3, -0.25) is 14.5 Å². The lowest BCUT2D eigenvalue weighted by atomic mass is 9.80. The smallest absolute Gasteiger partial charge is 0.217 e. The van der Waals surface area contributed by atoms with Crippen LogP contribution in [0.2, 0.25) is 0 Å². The molecule has 0 aliphatic carbocycles. The molecule has 2 aromatic rings. The molecule has 6 heteroatoms. The number of likely N-dealkylation sites (tertiary alicyclic amines) is 1. The molecule has 4 rings (SSSR count). The Kier molecular flexibility index (Phi) is 6.72. The van der Waals surface area contributed by atoms with Crippen LogP contribution in [0.1, 0.15) is 48.9 Å². The van der Waals surface area contributed by atoms with Gasteiger partial charge in [-0.05, 0) is 42.2 Å². The van der Waals surface area contributed by atoms with Gasteiger partial charge in [-0.15, -0.1) is 0 Å². The van der Waals surface area contributed by atoms with Crippen LogP contribution in [0.3, 0.4) is 0 Å². The molecule has 2 aliphatic heterocycles. The van der Waals surface area contributed by atoms with Crippen molar-refractivity contribution in [2.24, 2.45) is 0 Å². The quantitative estimate of drug-likeness (QED) is 0.683. The van der Waals surface area contributed by atoms with E-state index in [4.69, 9.17) is 9.84 Å². The first-order valence-electron chi connectivity index (χ1n) is 11.1. The number of amides is 1. The average molecular weight is 435 g/mol. The van der Waals surface area contributed by atoms with Crippen molar-refractivity contribution in [1.29, 1.82) is 0 Å². The number of fused-ring (bicyclic) bond motifs is 1. The minimum atomic E-state index is -0.511. The Hall–Kier alpha value is -2.96. The maximum atomic E-state index is 11.9. The minimum Gasteiger partial charge on any atom is -0.487 e. The highest BCUT2D eigenvalue weighted by atomic mass is 16.5. The SMILES string of the molecule is CC(=O)NC1CC2(CCN(Cc3ccccc3)CC2)Oc2ccc(/C=C/C(=O)CO)cc21. The zero-order valence-electron chi connectivity index (χ0n) is 18.4. The topological polar surface area (TPSA) is 78.9 Å². The highest BCUT2D eigenvalue weighted by Gasteiger charge is 2.43. The molecular weight excluding hydrogens is 404 g/mol. The van der Waals surface area contributed by atoms with E-state index in [-0.39, 0.29) is 23.3 Å². The highest BCUT2D eigenvalue weighted by molar-refractivity contribution is 5.94. The van der Waals surface area contributed by atoms with Gasteiger partial charge < -0.3 is 15.2 Å². The number of benzene rings is 2. The number of carbonyl (C=O) groups excluding carboxylic acids is 2. The Labute approximate surface area is 188 Å². The summed E-state index contributed by atoms with van der Waals surface area (Å²) < 4.78 is 6.56.